The van der Waals surface area contributed by atoms with Crippen molar-refractivity contribution in [3.8, 4) is 34.5 Å². The molecule has 452 valence electrons. The van der Waals surface area contributed by atoms with Crippen LogP contribution >= 0.6 is 0 Å². The van der Waals surface area contributed by atoms with Crippen molar-refractivity contribution in [2.75, 3.05) is 14.2 Å². The molecule has 0 saturated carbocycles. The molecule has 14 N–H and O–H groups in total. The number of ketones is 4. The number of aliphatic hydroxyl groups excluding tert-OH is 2. The van der Waals surface area contributed by atoms with Gasteiger partial charge in [-0.25, -0.2) is 10.9 Å². The fourth-order valence-electron chi connectivity index (χ4n) is 12.4. The van der Waals surface area contributed by atoms with Crippen LogP contribution in [0.1, 0.15) is 171 Å². The summed E-state index contributed by atoms with van der Waals surface area (Å²) in [4.78, 5) is 83.0. The summed E-state index contributed by atoms with van der Waals surface area (Å²) >= 11 is 0. The molecule has 2 amide bonds. The lowest BCUT2D eigenvalue weighted by atomic mass is 9.71. The van der Waals surface area contributed by atoms with E-state index in [4.69, 9.17) is 39.9 Å². The number of ether oxygens (including phenoxy) is 6. The molecule has 2 saturated heterocycles. The number of fused-ring (bicyclic) bond motifs is 6. The Morgan fingerprint density at radius 1 is 0.600 bits per heavy atom. The van der Waals surface area contributed by atoms with E-state index in [9.17, 15) is 69.6 Å². The van der Waals surface area contributed by atoms with Gasteiger partial charge in [0, 0.05) is 96.8 Å². The van der Waals surface area contributed by atoms with E-state index in [1.54, 1.807) is 13.8 Å². The minimum Gasteiger partial charge on any atom is -0.507 e. The summed E-state index contributed by atoms with van der Waals surface area (Å²) in [6.07, 6.45) is -11.4. The number of carbonyl (C=O) groups excluding carboxylic acids is 6. The van der Waals surface area contributed by atoms with Crippen molar-refractivity contribution < 1.29 is 98.0 Å². The van der Waals surface area contributed by atoms with Crippen molar-refractivity contribution in [3.05, 3.63) is 103 Å². The van der Waals surface area contributed by atoms with Crippen molar-refractivity contribution in [1.29, 1.82) is 0 Å². The zero-order chi connectivity index (χ0) is 61.5. The SMILES string of the molecule is COc1cccc2c1C(=O)c1c(O)c3c(c(O)c1C2=O)CC(O)(C(C)=NNC(=O)CCCC(=O)NN=C(C)C1(O)Cc2c(O)c4c(c(O)c2C(OC2CC(N)C(O)C(C)O2)C1)C(=O)c1c(OC)cccc1C4=O)CC3OC1CC(N)C(O)C(C)O1. The molecule has 6 aliphatic rings. The Hall–Kier alpha value is -7.76. The number of methoxy groups -OCH3 is 2. The van der Waals surface area contributed by atoms with Gasteiger partial charge in [0.25, 0.3) is 0 Å². The summed E-state index contributed by atoms with van der Waals surface area (Å²) in [7, 11) is 2.61. The van der Waals surface area contributed by atoms with Crippen LogP contribution < -0.4 is 31.8 Å². The number of rotatable bonds is 14. The number of nitrogens with zero attached hydrogens (tertiary/aromatic N) is 2. The van der Waals surface area contributed by atoms with E-state index >= 15 is 0 Å². The third-order valence-corrected chi connectivity index (χ3v) is 17.1. The maximum atomic E-state index is 14.2. The lowest BCUT2D eigenvalue weighted by Gasteiger charge is -2.42. The van der Waals surface area contributed by atoms with Crippen LogP contribution in [0.2, 0.25) is 0 Å². The number of nitrogens with one attached hydrogen (secondary N) is 2. The van der Waals surface area contributed by atoms with E-state index in [-0.39, 0.29) is 99.5 Å². The smallest absolute Gasteiger partial charge is 0.240 e. The third kappa shape index (κ3) is 10.5. The summed E-state index contributed by atoms with van der Waals surface area (Å²) in [6, 6.07) is 7.02. The second-order valence-electron chi connectivity index (χ2n) is 22.5. The van der Waals surface area contributed by atoms with Gasteiger partial charge in [-0.15, -0.1) is 0 Å². The number of hydrazone groups is 2. The number of phenolic OH excluding ortho intramolecular Hbond substituents is 4. The first-order valence-electron chi connectivity index (χ1n) is 27.6. The zero-order valence-corrected chi connectivity index (χ0v) is 47.1. The molecule has 0 bridgehead atoms. The maximum absolute atomic E-state index is 14.2. The first kappa shape index (κ1) is 60.4. The average molecular weight is 1180 g/mol. The minimum absolute atomic E-state index is 0.0449. The molecule has 0 aromatic heterocycles. The topological polar surface area (TPSA) is 420 Å². The van der Waals surface area contributed by atoms with Gasteiger partial charge < -0.3 is 80.7 Å². The van der Waals surface area contributed by atoms with Crippen LogP contribution in [-0.2, 0) is 41.4 Å². The summed E-state index contributed by atoms with van der Waals surface area (Å²) in [6.45, 7) is 5.89. The van der Waals surface area contributed by atoms with E-state index < -0.39 is 178 Å². The summed E-state index contributed by atoms with van der Waals surface area (Å²) in [5.41, 5.74) is 9.66. The van der Waals surface area contributed by atoms with E-state index in [0.29, 0.717) is 0 Å². The highest BCUT2D eigenvalue weighted by molar-refractivity contribution is 6.32. The van der Waals surface area contributed by atoms with Gasteiger partial charge in [-0.2, -0.15) is 10.2 Å². The van der Waals surface area contributed by atoms with Crippen LogP contribution in [0.15, 0.2) is 46.6 Å². The Labute approximate surface area is 485 Å². The molecule has 0 spiro atoms. The van der Waals surface area contributed by atoms with Gasteiger partial charge in [-0.1, -0.05) is 24.3 Å². The maximum Gasteiger partial charge on any atom is 0.240 e. The Morgan fingerprint density at radius 2 is 0.965 bits per heavy atom. The van der Waals surface area contributed by atoms with Crippen LogP contribution in [0, 0.1) is 0 Å². The van der Waals surface area contributed by atoms with Gasteiger partial charge in [0.05, 0.1) is 95.6 Å². The van der Waals surface area contributed by atoms with Gasteiger partial charge in [0.2, 0.25) is 23.4 Å². The van der Waals surface area contributed by atoms with Crippen molar-refractivity contribution in [1.82, 2.24) is 10.9 Å². The highest BCUT2D eigenvalue weighted by Crippen LogP contribution is 2.55. The minimum atomic E-state index is -2.07. The molecule has 10 rings (SSSR count). The van der Waals surface area contributed by atoms with Gasteiger partial charge in [0.15, 0.2) is 24.1 Å². The molecular weight excluding hydrogens is 1110 g/mol. The Balaban J connectivity index is 0.841. The number of benzene rings is 4. The van der Waals surface area contributed by atoms with Gasteiger partial charge in [-0.3, -0.25) is 28.8 Å². The Bertz CT molecular complexity index is 3300. The second kappa shape index (κ2) is 22.9. The monoisotopic (exact) mass is 1180 g/mol. The number of amides is 2. The highest BCUT2D eigenvalue weighted by Gasteiger charge is 2.51. The van der Waals surface area contributed by atoms with Crippen molar-refractivity contribution in [2.24, 2.45) is 21.7 Å². The number of nitrogens with two attached hydrogens (primary N) is 2. The van der Waals surface area contributed by atoms with Crippen LogP contribution in [0.3, 0.4) is 0 Å². The lowest BCUT2D eigenvalue weighted by Crippen LogP contribution is -2.52. The number of carbonyl (C=O) groups is 6. The van der Waals surface area contributed by atoms with Crippen LogP contribution in [0.25, 0.3) is 0 Å². The lowest BCUT2D eigenvalue weighted by molar-refractivity contribution is -0.246. The van der Waals surface area contributed by atoms with E-state index in [1.165, 1.54) is 64.5 Å². The first-order valence-corrected chi connectivity index (χ1v) is 27.6. The zero-order valence-electron chi connectivity index (χ0n) is 47.1. The second-order valence-corrected chi connectivity index (χ2v) is 22.5. The van der Waals surface area contributed by atoms with Gasteiger partial charge >= 0.3 is 0 Å². The molecule has 85 heavy (non-hydrogen) atoms. The van der Waals surface area contributed by atoms with Gasteiger partial charge in [-0.05, 0) is 46.2 Å². The van der Waals surface area contributed by atoms with E-state index in [1.807, 2.05) is 0 Å². The predicted octanol–water partition coefficient (Wildman–Crippen LogP) is 2.05. The summed E-state index contributed by atoms with van der Waals surface area (Å²) in [5, 5.41) is 102. The fourth-order valence-corrected chi connectivity index (χ4v) is 12.4. The fraction of sp³-hybridized carbons (Fsp3) is 0.458. The molecular formula is C59H66N6O20. The van der Waals surface area contributed by atoms with Crippen molar-refractivity contribution >= 4 is 46.4 Å². The van der Waals surface area contributed by atoms with E-state index in [2.05, 4.69) is 21.1 Å². The molecule has 2 fully saturated rings. The van der Waals surface area contributed by atoms with Crippen LogP contribution in [-0.4, -0.2) is 162 Å². The summed E-state index contributed by atoms with van der Waals surface area (Å²) < 4.78 is 35.2. The Morgan fingerprint density at radius 3 is 1.32 bits per heavy atom. The molecule has 4 aromatic carbocycles. The Kier molecular flexibility index (Phi) is 16.3. The number of hydrogen-bond donors (Lipinski definition) is 12. The molecule has 4 aromatic rings. The average Bonchev–Trinajstić information content (AvgIpc) is 0.879. The quantitative estimate of drug-likeness (QED) is 0.0422. The number of aromatic hydroxyl groups is 4. The molecule has 0 radical (unpaired) electrons. The third-order valence-electron chi connectivity index (χ3n) is 17.1. The first-order chi connectivity index (χ1) is 40.2. The molecule has 2 aliphatic heterocycles. The molecule has 12 unspecified atom stereocenters. The van der Waals surface area contributed by atoms with Gasteiger partial charge in [0.1, 0.15) is 45.7 Å². The largest absolute Gasteiger partial charge is 0.507 e. The van der Waals surface area contributed by atoms with E-state index in [0.717, 1.165) is 0 Å². The standard InChI is InChI=1S/C59H66N6O20/c1-22-48(68)30(60)16-38(82-22)84-34-20-58(78,18-28-42(34)56(76)46-44(52(28)72)50(70)26-10-7-12-32(80-5)40(26)54(46)74)24(3)62-64-36(66)14-9-15-37(67)65-63-25(4)59(79)19-29-43(35(21-59)85-39-17-31(61)49(69)23(2)83-39)57(77)47-45(53(29)73)51(71)27-11-8-13-33(81-6)41(27)55(47)75/h7-8,10-13,22-23,30-31,34-35,38-39,48-49,68-69,72-73,76-79H,9,14-21,60-61H2,1-6H3,(H,64,66)(H,65,67). The highest BCUT2D eigenvalue weighted by atomic mass is 16.7. The molecule has 2 heterocycles. The van der Waals surface area contributed by atoms with Crippen molar-refractivity contribution in [3.63, 3.8) is 0 Å². The molecule has 26 nitrogen and oxygen atoms in total. The predicted molar refractivity (Wildman–Crippen MR) is 296 cm³/mol. The molecule has 4 aliphatic carbocycles. The normalized spacial score (nSPS) is 28.9. The molecule has 26 heteroatoms. The van der Waals surface area contributed by atoms with Crippen LogP contribution in [0.4, 0.5) is 0 Å². The van der Waals surface area contributed by atoms with Crippen LogP contribution in [0.5, 0.6) is 34.5 Å². The number of phenols is 4. The number of hydrogen-bond acceptors (Lipinski definition) is 24. The number of aliphatic hydroxyl groups is 4. The van der Waals surface area contributed by atoms with Crippen molar-refractivity contribution in [2.45, 2.75) is 158 Å². The molecule has 12 atom stereocenters. The summed E-state index contributed by atoms with van der Waals surface area (Å²) in [5.74, 6) is -7.36.